The Morgan fingerprint density at radius 1 is 1.39 bits per heavy atom. The lowest BCUT2D eigenvalue weighted by Crippen LogP contribution is -2.29. The largest absolute Gasteiger partial charge is 0.339 e. The van der Waals surface area contributed by atoms with Gasteiger partial charge in [0.2, 0.25) is 5.91 Å². The first-order valence-corrected chi connectivity index (χ1v) is 9.88. The number of halogens is 1. The molecule has 1 atom stereocenters. The van der Waals surface area contributed by atoms with Gasteiger partial charge in [-0.25, -0.2) is 4.98 Å². The first-order chi connectivity index (χ1) is 11.0. The minimum absolute atomic E-state index is 0.0472. The standard InChI is InChI=1S/C17H21ClN2OS2/c1-12(14-4-6-15(18)7-5-14)20(3)17(21)8-9-22-10-16-11-23-13(2)19-16/h4-7,11-12H,8-10H2,1-3H3/t12-/m0/s1. The molecule has 0 bridgehead atoms. The lowest BCUT2D eigenvalue weighted by atomic mass is 10.1. The average Bonchev–Trinajstić information content (AvgIpc) is 2.96. The summed E-state index contributed by atoms with van der Waals surface area (Å²) in [5.41, 5.74) is 2.20. The van der Waals surface area contributed by atoms with E-state index in [2.05, 4.69) is 10.4 Å². The molecule has 0 fully saturated rings. The summed E-state index contributed by atoms with van der Waals surface area (Å²) < 4.78 is 0. The molecule has 23 heavy (non-hydrogen) atoms. The van der Waals surface area contributed by atoms with Crippen LogP contribution in [0.5, 0.6) is 0 Å². The molecular formula is C17H21ClN2OS2. The van der Waals surface area contributed by atoms with Crippen molar-refractivity contribution in [3.63, 3.8) is 0 Å². The molecule has 1 amide bonds. The van der Waals surface area contributed by atoms with E-state index in [1.54, 1.807) is 28.0 Å². The monoisotopic (exact) mass is 368 g/mol. The Hall–Kier alpha value is -1.04. The second-order valence-corrected chi connectivity index (χ2v) is 8.00. The van der Waals surface area contributed by atoms with Crippen LogP contribution in [0, 0.1) is 6.92 Å². The summed E-state index contributed by atoms with van der Waals surface area (Å²) >= 11 is 9.33. The van der Waals surface area contributed by atoms with E-state index in [1.165, 1.54) is 0 Å². The lowest BCUT2D eigenvalue weighted by molar-refractivity contribution is -0.131. The van der Waals surface area contributed by atoms with Gasteiger partial charge in [0.25, 0.3) is 0 Å². The molecule has 0 unspecified atom stereocenters. The van der Waals surface area contributed by atoms with Crippen LogP contribution in [0.3, 0.4) is 0 Å². The van der Waals surface area contributed by atoms with Gasteiger partial charge < -0.3 is 4.90 Å². The Balaban J connectivity index is 1.76. The predicted octanol–water partition coefficient (Wildman–Crippen LogP) is 4.95. The van der Waals surface area contributed by atoms with E-state index in [1.807, 2.05) is 45.2 Å². The molecule has 124 valence electrons. The number of aryl methyl sites for hydroxylation is 1. The van der Waals surface area contributed by atoms with Crippen molar-refractivity contribution in [1.82, 2.24) is 9.88 Å². The van der Waals surface area contributed by atoms with E-state index >= 15 is 0 Å². The summed E-state index contributed by atoms with van der Waals surface area (Å²) in [4.78, 5) is 18.5. The molecule has 1 aromatic carbocycles. The van der Waals surface area contributed by atoms with Crippen molar-refractivity contribution in [1.29, 1.82) is 0 Å². The molecule has 0 N–H and O–H groups in total. The van der Waals surface area contributed by atoms with Crippen molar-refractivity contribution >= 4 is 40.6 Å². The summed E-state index contributed by atoms with van der Waals surface area (Å²) in [7, 11) is 1.86. The Kier molecular flexibility index (Phi) is 6.93. The molecule has 0 aliphatic carbocycles. The van der Waals surface area contributed by atoms with Gasteiger partial charge >= 0.3 is 0 Å². The highest BCUT2D eigenvalue weighted by Gasteiger charge is 2.17. The van der Waals surface area contributed by atoms with Gasteiger partial charge in [0, 0.05) is 35.4 Å². The molecule has 1 heterocycles. The van der Waals surface area contributed by atoms with Crippen molar-refractivity contribution < 1.29 is 4.79 Å². The summed E-state index contributed by atoms with van der Waals surface area (Å²) in [6.07, 6.45) is 0.544. The van der Waals surface area contributed by atoms with E-state index in [4.69, 9.17) is 11.6 Å². The van der Waals surface area contributed by atoms with Crippen molar-refractivity contribution in [3.05, 3.63) is 50.9 Å². The molecule has 0 radical (unpaired) electrons. The predicted molar refractivity (Wildman–Crippen MR) is 100 cm³/mol. The van der Waals surface area contributed by atoms with Crippen LogP contribution in [0.15, 0.2) is 29.6 Å². The number of amides is 1. The minimum Gasteiger partial charge on any atom is -0.339 e. The third-order valence-electron chi connectivity index (χ3n) is 3.70. The van der Waals surface area contributed by atoms with Gasteiger partial charge in [0.1, 0.15) is 0 Å². The van der Waals surface area contributed by atoms with Gasteiger partial charge in [-0.05, 0) is 31.5 Å². The quantitative estimate of drug-likeness (QED) is 0.648. The highest BCUT2D eigenvalue weighted by atomic mass is 35.5. The van der Waals surface area contributed by atoms with Crippen molar-refractivity contribution in [3.8, 4) is 0 Å². The van der Waals surface area contributed by atoms with Gasteiger partial charge in [0.15, 0.2) is 0 Å². The number of hydrogen-bond donors (Lipinski definition) is 0. The summed E-state index contributed by atoms with van der Waals surface area (Å²) in [5.74, 6) is 1.84. The van der Waals surface area contributed by atoms with E-state index in [0.717, 1.165) is 27.8 Å². The van der Waals surface area contributed by atoms with E-state index in [0.29, 0.717) is 11.4 Å². The van der Waals surface area contributed by atoms with Crippen LogP contribution in [-0.4, -0.2) is 28.6 Å². The fraction of sp³-hybridized carbons (Fsp3) is 0.412. The maximum Gasteiger partial charge on any atom is 0.223 e. The minimum atomic E-state index is 0.0472. The van der Waals surface area contributed by atoms with Crippen LogP contribution >= 0.6 is 34.7 Å². The van der Waals surface area contributed by atoms with Crippen molar-refractivity contribution in [2.75, 3.05) is 12.8 Å². The number of rotatable bonds is 7. The summed E-state index contributed by atoms with van der Waals surface area (Å²) in [6, 6.07) is 7.70. The van der Waals surface area contributed by atoms with E-state index in [9.17, 15) is 4.79 Å². The Bertz CT molecular complexity index is 642. The first-order valence-electron chi connectivity index (χ1n) is 7.47. The zero-order chi connectivity index (χ0) is 16.8. The van der Waals surface area contributed by atoms with Crippen LogP contribution in [0.2, 0.25) is 5.02 Å². The molecule has 2 aromatic rings. The number of carbonyl (C=O) groups excluding carboxylic acids is 1. The molecule has 6 heteroatoms. The summed E-state index contributed by atoms with van der Waals surface area (Å²) in [5, 5.41) is 3.88. The molecule has 3 nitrogen and oxygen atoms in total. The Morgan fingerprint density at radius 3 is 2.70 bits per heavy atom. The third kappa shape index (κ3) is 5.52. The van der Waals surface area contributed by atoms with Crippen LogP contribution in [-0.2, 0) is 10.5 Å². The maximum absolute atomic E-state index is 12.3. The van der Waals surface area contributed by atoms with E-state index < -0.39 is 0 Å². The van der Waals surface area contributed by atoms with Gasteiger partial charge in [-0.1, -0.05) is 23.7 Å². The number of carbonyl (C=O) groups is 1. The second-order valence-electron chi connectivity index (χ2n) is 5.39. The topological polar surface area (TPSA) is 33.2 Å². The molecule has 0 saturated heterocycles. The Labute approximate surface area is 151 Å². The highest BCUT2D eigenvalue weighted by Crippen LogP contribution is 2.22. The van der Waals surface area contributed by atoms with Crippen molar-refractivity contribution in [2.24, 2.45) is 0 Å². The zero-order valence-corrected chi connectivity index (χ0v) is 16.0. The summed E-state index contributed by atoms with van der Waals surface area (Å²) in [6.45, 7) is 4.04. The number of hydrogen-bond acceptors (Lipinski definition) is 4. The molecule has 0 aliphatic rings. The number of thiazole rings is 1. The number of aromatic nitrogens is 1. The normalized spacial score (nSPS) is 12.2. The molecule has 0 spiro atoms. The maximum atomic E-state index is 12.3. The van der Waals surface area contributed by atoms with Gasteiger partial charge in [0.05, 0.1) is 16.7 Å². The first kappa shape index (κ1) is 18.3. The van der Waals surface area contributed by atoms with Crippen molar-refractivity contribution in [2.45, 2.75) is 32.1 Å². The number of nitrogens with zero attached hydrogens (tertiary/aromatic N) is 2. The third-order valence-corrected chi connectivity index (χ3v) is 5.77. The fourth-order valence-electron chi connectivity index (χ4n) is 2.17. The second kappa shape index (κ2) is 8.71. The van der Waals surface area contributed by atoms with Gasteiger partial charge in [-0.15, -0.1) is 11.3 Å². The molecule has 1 aromatic heterocycles. The lowest BCUT2D eigenvalue weighted by Gasteiger charge is -2.25. The smallest absolute Gasteiger partial charge is 0.223 e. The molecular weight excluding hydrogens is 348 g/mol. The van der Waals surface area contributed by atoms with Gasteiger partial charge in [-0.2, -0.15) is 11.8 Å². The average molecular weight is 369 g/mol. The fourth-order valence-corrected chi connectivity index (χ4v) is 3.83. The highest BCUT2D eigenvalue weighted by molar-refractivity contribution is 7.98. The van der Waals surface area contributed by atoms with Gasteiger partial charge in [-0.3, -0.25) is 4.79 Å². The number of thioether (sulfide) groups is 1. The molecule has 0 saturated carbocycles. The zero-order valence-electron chi connectivity index (χ0n) is 13.6. The number of benzene rings is 1. The van der Waals surface area contributed by atoms with Crippen LogP contribution in [0.4, 0.5) is 0 Å². The molecule has 2 rings (SSSR count). The van der Waals surface area contributed by atoms with Crippen LogP contribution < -0.4 is 0 Å². The van der Waals surface area contributed by atoms with Crippen LogP contribution in [0.1, 0.15) is 35.7 Å². The van der Waals surface area contributed by atoms with E-state index in [-0.39, 0.29) is 11.9 Å². The Morgan fingerprint density at radius 2 is 2.09 bits per heavy atom. The van der Waals surface area contributed by atoms with Crippen LogP contribution in [0.25, 0.3) is 0 Å². The SMILES string of the molecule is Cc1nc(CSCCC(=O)N(C)[C@@H](C)c2ccc(Cl)cc2)cs1. The molecule has 0 aliphatic heterocycles.